The molecule has 8 heteroatoms. The number of hydrogen-bond donors (Lipinski definition) is 1. The highest BCUT2D eigenvalue weighted by molar-refractivity contribution is 5.93. The molecular formula is C19H17N5O3. The molecule has 1 unspecified atom stereocenters. The predicted molar refractivity (Wildman–Crippen MR) is 94.9 cm³/mol. The molecule has 27 heavy (non-hydrogen) atoms. The number of rotatable bonds is 6. The first-order chi connectivity index (χ1) is 13.2. The van der Waals surface area contributed by atoms with E-state index in [4.69, 9.17) is 4.74 Å². The van der Waals surface area contributed by atoms with Crippen LogP contribution in [0.1, 0.15) is 34.9 Å². The first-order valence-corrected chi connectivity index (χ1v) is 8.60. The van der Waals surface area contributed by atoms with E-state index in [0.717, 1.165) is 12.8 Å². The van der Waals surface area contributed by atoms with Crippen molar-refractivity contribution in [3.05, 3.63) is 72.1 Å². The minimum Gasteiger partial charge on any atom is -0.444 e. The Bertz CT molecular complexity index is 922. The fourth-order valence-corrected chi connectivity index (χ4v) is 2.61. The number of benzene rings is 2. The number of carbonyl (C=O) groups excluding carboxylic acids is 2. The Morgan fingerprint density at radius 2 is 1.81 bits per heavy atom. The van der Waals surface area contributed by atoms with E-state index in [1.54, 1.807) is 36.4 Å². The molecule has 0 radical (unpaired) electrons. The van der Waals surface area contributed by atoms with Gasteiger partial charge in [-0.05, 0) is 47.5 Å². The number of ether oxygens (including phenoxy) is 1. The van der Waals surface area contributed by atoms with Crippen LogP contribution in [-0.2, 0) is 9.53 Å². The van der Waals surface area contributed by atoms with Gasteiger partial charge >= 0.3 is 5.97 Å². The van der Waals surface area contributed by atoms with Gasteiger partial charge in [-0.2, -0.15) is 0 Å². The summed E-state index contributed by atoms with van der Waals surface area (Å²) >= 11 is 0. The highest BCUT2D eigenvalue weighted by Gasteiger charge is 2.31. The maximum absolute atomic E-state index is 12.6. The third-order valence-corrected chi connectivity index (χ3v) is 4.21. The number of carbonyl (C=O) groups is 2. The molecule has 1 saturated carbocycles. The number of tetrazole rings is 1. The Balaban J connectivity index is 1.51. The molecule has 1 N–H and O–H groups in total. The molecular weight excluding hydrogens is 346 g/mol. The lowest BCUT2D eigenvalue weighted by atomic mass is 10.1. The summed E-state index contributed by atoms with van der Waals surface area (Å²) in [4.78, 5) is 25.1. The zero-order valence-corrected chi connectivity index (χ0v) is 14.4. The van der Waals surface area contributed by atoms with Crippen molar-refractivity contribution < 1.29 is 14.3 Å². The summed E-state index contributed by atoms with van der Waals surface area (Å²) in [5, 5.41) is 13.8. The van der Waals surface area contributed by atoms with Crippen LogP contribution >= 0.6 is 0 Å². The SMILES string of the molecule is O=C(OC(C(=O)NC1CC1)c1ccccc1)c1ccc(-n2cnnn2)cc1. The third-order valence-electron chi connectivity index (χ3n) is 4.21. The van der Waals surface area contributed by atoms with Crippen molar-refractivity contribution >= 4 is 11.9 Å². The van der Waals surface area contributed by atoms with E-state index in [9.17, 15) is 9.59 Å². The van der Waals surface area contributed by atoms with Gasteiger partial charge in [0.05, 0.1) is 11.3 Å². The van der Waals surface area contributed by atoms with Gasteiger partial charge in [0.25, 0.3) is 5.91 Å². The van der Waals surface area contributed by atoms with Crippen LogP contribution in [0.4, 0.5) is 0 Å². The Labute approximate surface area is 155 Å². The van der Waals surface area contributed by atoms with Crippen molar-refractivity contribution in [2.45, 2.75) is 25.0 Å². The standard InChI is InChI=1S/C19H17N5O3/c25-18(21-15-8-9-15)17(13-4-2-1-3-5-13)27-19(26)14-6-10-16(11-7-14)24-12-20-22-23-24/h1-7,10-12,15,17H,8-9H2,(H,21,25). The second-order valence-corrected chi connectivity index (χ2v) is 6.28. The summed E-state index contributed by atoms with van der Waals surface area (Å²) in [6, 6.07) is 15.8. The van der Waals surface area contributed by atoms with E-state index >= 15 is 0 Å². The molecule has 2 aromatic carbocycles. The second-order valence-electron chi connectivity index (χ2n) is 6.28. The zero-order valence-electron chi connectivity index (χ0n) is 14.4. The van der Waals surface area contributed by atoms with E-state index in [-0.39, 0.29) is 11.9 Å². The van der Waals surface area contributed by atoms with Crippen LogP contribution in [0.15, 0.2) is 60.9 Å². The number of hydrogen-bond acceptors (Lipinski definition) is 6. The highest BCUT2D eigenvalue weighted by Crippen LogP contribution is 2.24. The van der Waals surface area contributed by atoms with E-state index < -0.39 is 12.1 Å². The molecule has 1 aliphatic carbocycles. The van der Waals surface area contributed by atoms with Crippen LogP contribution in [0.3, 0.4) is 0 Å². The van der Waals surface area contributed by atoms with Gasteiger partial charge in [0.2, 0.25) is 6.10 Å². The Kier molecular flexibility index (Phi) is 4.61. The van der Waals surface area contributed by atoms with Crippen molar-refractivity contribution in [1.82, 2.24) is 25.5 Å². The highest BCUT2D eigenvalue weighted by atomic mass is 16.5. The molecule has 4 rings (SSSR count). The van der Waals surface area contributed by atoms with Gasteiger partial charge in [-0.15, -0.1) is 5.10 Å². The van der Waals surface area contributed by atoms with Crippen LogP contribution in [0.5, 0.6) is 0 Å². The van der Waals surface area contributed by atoms with E-state index in [1.165, 1.54) is 11.0 Å². The average molecular weight is 363 g/mol. The zero-order chi connectivity index (χ0) is 18.6. The maximum atomic E-state index is 12.6. The molecule has 1 aromatic heterocycles. The minimum absolute atomic E-state index is 0.179. The summed E-state index contributed by atoms with van der Waals surface area (Å²) in [5.41, 5.74) is 1.68. The molecule has 0 bridgehead atoms. The first-order valence-electron chi connectivity index (χ1n) is 8.60. The van der Waals surface area contributed by atoms with E-state index in [1.807, 2.05) is 18.2 Å². The fourth-order valence-electron chi connectivity index (χ4n) is 2.61. The topological polar surface area (TPSA) is 99.0 Å². The largest absolute Gasteiger partial charge is 0.444 e. The van der Waals surface area contributed by atoms with Crippen LogP contribution < -0.4 is 5.32 Å². The normalized spacial score (nSPS) is 14.4. The molecule has 1 amide bonds. The van der Waals surface area contributed by atoms with Crippen LogP contribution in [0, 0.1) is 0 Å². The molecule has 3 aromatic rings. The second kappa shape index (κ2) is 7.36. The van der Waals surface area contributed by atoms with Crippen LogP contribution in [-0.4, -0.2) is 38.1 Å². The summed E-state index contributed by atoms with van der Waals surface area (Å²) in [7, 11) is 0. The van der Waals surface area contributed by atoms with Crippen LogP contribution in [0.25, 0.3) is 5.69 Å². The predicted octanol–water partition coefficient (Wildman–Crippen LogP) is 1.84. The fraction of sp³-hybridized carbons (Fsp3) is 0.211. The number of nitrogens with zero attached hydrogens (tertiary/aromatic N) is 4. The first kappa shape index (κ1) is 16.9. The Hall–Kier alpha value is -3.55. The summed E-state index contributed by atoms with van der Waals surface area (Å²) in [6.07, 6.45) is 2.39. The average Bonchev–Trinajstić information content (AvgIpc) is 3.35. The molecule has 1 fully saturated rings. The monoisotopic (exact) mass is 363 g/mol. The molecule has 1 atom stereocenters. The lowest BCUT2D eigenvalue weighted by Gasteiger charge is -2.18. The molecule has 8 nitrogen and oxygen atoms in total. The lowest BCUT2D eigenvalue weighted by Crippen LogP contribution is -2.33. The summed E-state index contributed by atoms with van der Waals surface area (Å²) in [6.45, 7) is 0. The van der Waals surface area contributed by atoms with E-state index in [0.29, 0.717) is 16.8 Å². The molecule has 0 aliphatic heterocycles. The van der Waals surface area contributed by atoms with Crippen molar-refractivity contribution in [2.24, 2.45) is 0 Å². The Morgan fingerprint density at radius 1 is 1.07 bits per heavy atom. The van der Waals surface area contributed by atoms with Crippen molar-refractivity contribution in [2.75, 3.05) is 0 Å². The van der Waals surface area contributed by atoms with Gasteiger partial charge in [-0.3, -0.25) is 4.79 Å². The smallest absolute Gasteiger partial charge is 0.339 e. The molecule has 1 heterocycles. The quantitative estimate of drug-likeness (QED) is 0.671. The van der Waals surface area contributed by atoms with Crippen molar-refractivity contribution in [1.29, 1.82) is 0 Å². The molecule has 136 valence electrons. The summed E-state index contributed by atoms with van der Waals surface area (Å²) < 4.78 is 7.02. The van der Waals surface area contributed by atoms with Crippen molar-refractivity contribution in [3.63, 3.8) is 0 Å². The molecule has 0 spiro atoms. The number of aromatic nitrogens is 4. The Morgan fingerprint density at radius 3 is 2.44 bits per heavy atom. The van der Waals surface area contributed by atoms with Crippen LogP contribution in [0.2, 0.25) is 0 Å². The maximum Gasteiger partial charge on any atom is 0.339 e. The molecule has 1 aliphatic rings. The van der Waals surface area contributed by atoms with Gasteiger partial charge < -0.3 is 10.1 Å². The molecule has 0 saturated heterocycles. The van der Waals surface area contributed by atoms with Gasteiger partial charge in [-0.25, -0.2) is 9.48 Å². The number of nitrogens with one attached hydrogen (secondary N) is 1. The third kappa shape index (κ3) is 4.00. The van der Waals surface area contributed by atoms with Gasteiger partial charge in [0, 0.05) is 11.6 Å². The van der Waals surface area contributed by atoms with Gasteiger partial charge in [0.15, 0.2) is 0 Å². The number of esters is 1. The van der Waals surface area contributed by atoms with Gasteiger partial charge in [0.1, 0.15) is 6.33 Å². The number of amides is 1. The van der Waals surface area contributed by atoms with Gasteiger partial charge in [-0.1, -0.05) is 30.3 Å². The lowest BCUT2D eigenvalue weighted by molar-refractivity contribution is -0.130. The summed E-state index contributed by atoms with van der Waals surface area (Å²) in [5.74, 6) is -0.875. The minimum atomic E-state index is -0.988. The van der Waals surface area contributed by atoms with E-state index in [2.05, 4.69) is 20.8 Å². The van der Waals surface area contributed by atoms with Crippen molar-refractivity contribution in [3.8, 4) is 5.69 Å².